The Labute approximate surface area is 70.3 Å². The standard InChI is InChI=1S/C7H13NO4/c1-11-7-6(10)4-5(9)3(12-7)2-8-4/h3-10H,2H2,1H3/t3-,4+,5+,6+,7+/m1/s1. The first-order valence-electron chi connectivity index (χ1n) is 4.02. The first-order valence-corrected chi connectivity index (χ1v) is 4.02. The van der Waals surface area contributed by atoms with Crippen molar-refractivity contribution < 1.29 is 19.7 Å². The average molecular weight is 175 g/mol. The predicted octanol–water partition coefficient (Wildman–Crippen LogP) is -1.95. The van der Waals surface area contributed by atoms with Crippen molar-refractivity contribution in [2.75, 3.05) is 13.7 Å². The van der Waals surface area contributed by atoms with Gasteiger partial charge in [0.15, 0.2) is 6.29 Å². The second kappa shape index (κ2) is 2.93. The van der Waals surface area contributed by atoms with Gasteiger partial charge < -0.3 is 25.0 Å². The zero-order valence-corrected chi connectivity index (χ0v) is 6.80. The molecule has 2 bridgehead atoms. The maximum absolute atomic E-state index is 9.55. The van der Waals surface area contributed by atoms with Gasteiger partial charge in [0.25, 0.3) is 0 Å². The quantitative estimate of drug-likeness (QED) is 0.432. The van der Waals surface area contributed by atoms with E-state index in [4.69, 9.17) is 9.47 Å². The number of nitrogens with one attached hydrogen (secondary N) is 1. The van der Waals surface area contributed by atoms with E-state index in [-0.39, 0.29) is 12.1 Å². The van der Waals surface area contributed by atoms with Gasteiger partial charge in [-0.3, -0.25) is 0 Å². The first kappa shape index (κ1) is 8.40. The van der Waals surface area contributed by atoms with Crippen LogP contribution >= 0.6 is 0 Å². The van der Waals surface area contributed by atoms with Crippen LogP contribution in [-0.2, 0) is 9.47 Å². The lowest BCUT2D eigenvalue weighted by molar-refractivity contribution is -0.245. The molecule has 0 aliphatic carbocycles. The average Bonchev–Trinajstić information content (AvgIpc) is 2.31. The fourth-order valence-corrected chi connectivity index (χ4v) is 1.79. The number of aliphatic hydroxyl groups excluding tert-OH is 2. The molecule has 70 valence electrons. The molecule has 2 rings (SSSR count). The molecule has 3 N–H and O–H groups in total. The SMILES string of the molecule is CO[C@H]1O[C@@H]2CN[C@H]([C@@H]1O)[C@H]2O. The molecule has 0 aromatic rings. The Hall–Kier alpha value is -0.200. The summed E-state index contributed by atoms with van der Waals surface area (Å²) >= 11 is 0. The van der Waals surface area contributed by atoms with Gasteiger partial charge in [0, 0.05) is 13.7 Å². The van der Waals surface area contributed by atoms with Crippen LogP contribution in [0.1, 0.15) is 0 Å². The Morgan fingerprint density at radius 1 is 1.42 bits per heavy atom. The molecule has 0 aromatic carbocycles. The number of rotatable bonds is 1. The number of hydrogen-bond donors (Lipinski definition) is 3. The van der Waals surface area contributed by atoms with Crippen molar-refractivity contribution >= 4 is 0 Å². The zero-order chi connectivity index (χ0) is 8.72. The van der Waals surface area contributed by atoms with E-state index in [1.807, 2.05) is 0 Å². The normalized spacial score (nSPS) is 52.8. The second-order valence-electron chi connectivity index (χ2n) is 3.19. The highest BCUT2D eigenvalue weighted by molar-refractivity contribution is 5.00. The molecule has 0 spiro atoms. The van der Waals surface area contributed by atoms with Crippen molar-refractivity contribution in [1.29, 1.82) is 0 Å². The smallest absolute Gasteiger partial charge is 0.185 e. The highest BCUT2D eigenvalue weighted by atomic mass is 16.7. The Morgan fingerprint density at radius 3 is 2.83 bits per heavy atom. The molecule has 0 radical (unpaired) electrons. The molecule has 5 nitrogen and oxygen atoms in total. The van der Waals surface area contributed by atoms with Gasteiger partial charge >= 0.3 is 0 Å². The summed E-state index contributed by atoms with van der Waals surface area (Å²) in [5.41, 5.74) is 0. The Morgan fingerprint density at radius 2 is 2.17 bits per heavy atom. The van der Waals surface area contributed by atoms with Crippen LogP contribution in [0.15, 0.2) is 0 Å². The number of hydrogen-bond acceptors (Lipinski definition) is 5. The minimum absolute atomic E-state index is 0.247. The lowest BCUT2D eigenvalue weighted by Crippen LogP contribution is -2.55. The highest BCUT2D eigenvalue weighted by Crippen LogP contribution is 2.25. The van der Waals surface area contributed by atoms with Crippen LogP contribution in [-0.4, -0.2) is 54.5 Å². The van der Waals surface area contributed by atoms with Crippen molar-refractivity contribution in [2.45, 2.75) is 30.6 Å². The summed E-state index contributed by atoms with van der Waals surface area (Å²) in [5, 5.41) is 22.0. The van der Waals surface area contributed by atoms with E-state index in [1.165, 1.54) is 7.11 Å². The zero-order valence-electron chi connectivity index (χ0n) is 6.80. The monoisotopic (exact) mass is 175 g/mol. The largest absolute Gasteiger partial charge is 0.389 e. The van der Waals surface area contributed by atoms with Crippen molar-refractivity contribution in [1.82, 2.24) is 5.32 Å². The van der Waals surface area contributed by atoms with Crippen LogP contribution in [0.2, 0.25) is 0 Å². The molecule has 2 saturated heterocycles. The molecular formula is C7H13NO4. The second-order valence-corrected chi connectivity index (χ2v) is 3.19. The van der Waals surface area contributed by atoms with Crippen molar-refractivity contribution in [3.8, 4) is 0 Å². The van der Waals surface area contributed by atoms with Gasteiger partial charge in [-0.25, -0.2) is 0 Å². The Balaban J connectivity index is 2.12. The molecule has 0 unspecified atom stereocenters. The maximum Gasteiger partial charge on any atom is 0.185 e. The third-order valence-electron chi connectivity index (χ3n) is 2.49. The number of methoxy groups -OCH3 is 1. The molecule has 0 aromatic heterocycles. The molecule has 2 aliphatic rings. The van der Waals surface area contributed by atoms with Gasteiger partial charge in [0.05, 0.1) is 12.1 Å². The molecule has 5 heteroatoms. The van der Waals surface area contributed by atoms with Gasteiger partial charge in [0.1, 0.15) is 12.2 Å². The third-order valence-corrected chi connectivity index (χ3v) is 2.49. The van der Waals surface area contributed by atoms with Crippen LogP contribution in [0.3, 0.4) is 0 Å². The number of aliphatic hydroxyl groups is 2. The van der Waals surface area contributed by atoms with Crippen molar-refractivity contribution in [3.05, 3.63) is 0 Å². The molecular weight excluding hydrogens is 162 g/mol. The summed E-state index contributed by atoms with van der Waals surface area (Å²) in [6.07, 6.45) is -2.27. The minimum Gasteiger partial charge on any atom is -0.389 e. The summed E-state index contributed by atoms with van der Waals surface area (Å²) in [6, 6.07) is -0.311. The predicted molar refractivity (Wildman–Crippen MR) is 39.5 cm³/mol. The van der Waals surface area contributed by atoms with Gasteiger partial charge in [-0.05, 0) is 0 Å². The fourth-order valence-electron chi connectivity index (χ4n) is 1.79. The van der Waals surface area contributed by atoms with Crippen molar-refractivity contribution in [2.24, 2.45) is 0 Å². The molecule has 2 fully saturated rings. The topological polar surface area (TPSA) is 71.0 Å². The summed E-state index contributed by atoms with van der Waals surface area (Å²) in [6.45, 7) is 0.572. The molecule has 0 saturated carbocycles. The fraction of sp³-hybridized carbons (Fsp3) is 1.00. The van der Waals surface area contributed by atoms with Gasteiger partial charge in [-0.15, -0.1) is 0 Å². The van der Waals surface area contributed by atoms with E-state index in [1.54, 1.807) is 0 Å². The highest BCUT2D eigenvalue weighted by Gasteiger charge is 2.48. The van der Waals surface area contributed by atoms with Crippen LogP contribution < -0.4 is 5.32 Å². The molecule has 5 atom stereocenters. The third kappa shape index (κ3) is 1.06. The van der Waals surface area contributed by atoms with Crippen LogP contribution in [0.25, 0.3) is 0 Å². The molecule has 0 amide bonds. The lowest BCUT2D eigenvalue weighted by Gasteiger charge is -2.35. The van der Waals surface area contributed by atoms with E-state index in [0.717, 1.165) is 0 Å². The summed E-state index contributed by atoms with van der Waals surface area (Å²) in [4.78, 5) is 0. The lowest BCUT2D eigenvalue weighted by atomic mass is 10.0. The van der Waals surface area contributed by atoms with E-state index >= 15 is 0 Å². The van der Waals surface area contributed by atoms with Crippen LogP contribution in [0, 0.1) is 0 Å². The van der Waals surface area contributed by atoms with E-state index in [2.05, 4.69) is 5.32 Å². The molecule has 12 heavy (non-hydrogen) atoms. The number of fused-ring (bicyclic) bond motifs is 2. The first-order chi connectivity index (χ1) is 5.74. The van der Waals surface area contributed by atoms with E-state index < -0.39 is 18.5 Å². The van der Waals surface area contributed by atoms with E-state index in [9.17, 15) is 10.2 Å². The molecule has 2 aliphatic heterocycles. The van der Waals surface area contributed by atoms with Gasteiger partial charge in [-0.1, -0.05) is 0 Å². The summed E-state index contributed by atoms with van der Waals surface area (Å²) in [7, 11) is 1.48. The van der Waals surface area contributed by atoms with Crippen molar-refractivity contribution in [3.63, 3.8) is 0 Å². The Kier molecular flexibility index (Phi) is 2.05. The van der Waals surface area contributed by atoms with Crippen LogP contribution in [0.5, 0.6) is 0 Å². The van der Waals surface area contributed by atoms with Crippen LogP contribution in [0.4, 0.5) is 0 Å². The maximum atomic E-state index is 9.55. The minimum atomic E-state index is -0.788. The summed E-state index contributed by atoms with van der Waals surface area (Å²) < 4.78 is 10.2. The van der Waals surface area contributed by atoms with Gasteiger partial charge in [0.2, 0.25) is 0 Å². The Bertz CT molecular complexity index is 177. The number of ether oxygens (including phenoxy) is 2. The van der Waals surface area contributed by atoms with Gasteiger partial charge in [-0.2, -0.15) is 0 Å². The summed E-state index contributed by atoms with van der Waals surface area (Å²) in [5.74, 6) is 0. The molecule has 2 heterocycles. The van der Waals surface area contributed by atoms with E-state index in [0.29, 0.717) is 6.54 Å².